The lowest BCUT2D eigenvalue weighted by molar-refractivity contribution is -0.295. The second-order valence-electron chi connectivity index (χ2n) is 14.1. The Bertz CT molecular complexity index is 1460. The Balaban J connectivity index is 1.85. The average Bonchev–Trinajstić information content (AvgIpc) is 3.11. The molecule has 53 heavy (non-hydrogen) atoms. The van der Waals surface area contributed by atoms with Crippen LogP contribution in [0, 0.1) is 0 Å². The Morgan fingerprint density at radius 2 is 1.66 bits per heavy atom. The Kier molecular flexibility index (Phi) is 18.4. The van der Waals surface area contributed by atoms with Gasteiger partial charge >= 0.3 is 0 Å². The zero-order valence-electron chi connectivity index (χ0n) is 33.0. The van der Waals surface area contributed by atoms with Crippen molar-refractivity contribution in [2.75, 3.05) is 27.8 Å². The number of methoxy groups -OCH3 is 1. The van der Waals surface area contributed by atoms with Gasteiger partial charge in [-0.05, 0) is 86.5 Å². The highest BCUT2D eigenvalue weighted by molar-refractivity contribution is 5.92. The van der Waals surface area contributed by atoms with Gasteiger partial charge in [-0.3, -0.25) is 4.79 Å². The third-order valence-corrected chi connectivity index (χ3v) is 9.46. The zero-order chi connectivity index (χ0) is 39.0. The molecule has 0 unspecified atom stereocenters. The fourth-order valence-electron chi connectivity index (χ4n) is 6.14. The van der Waals surface area contributed by atoms with E-state index in [0.717, 1.165) is 23.1 Å². The fraction of sp³-hybridized carbons (Fsp3) is 0.548. The highest BCUT2D eigenvalue weighted by atomic mass is 16.7. The van der Waals surface area contributed by atoms with Gasteiger partial charge in [0, 0.05) is 12.1 Å². The van der Waals surface area contributed by atoms with Crippen molar-refractivity contribution in [2.24, 2.45) is 0 Å². The van der Waals surface area contributed by atoms with Gasteiger partial charge in [-0.1, -0.05) is 90.1 Å². The lowest BCUT2D eigenvalue weighted by Crippen LogP contribution is -2.62. The molecule has 3 rings (SSSR count). The van der Waals surface area contributed by atoms with Crippen LogP contribution in [0.4, 0.5) is 0 Å². The minimum absolute atomic E-state index is 0.0257. The van der Waals surface area contributed by atoms with Crippen molar-refractivity contribution in [3.63, 3.8) is 0 Å². The number of hydrogen-bond acceptors (Lipinski definition) is 10. The molecule has 3 aliphatic rings. The van der Waals surface area contributed by atoms with Gasteiger partial charge in [-0.15, -0.1) is 0 Å². The minimum atomic E-state index is -1.48. The number of allylic oxidation sites excluding steroid dienone is 14. The average molecular weight is 738 g/mol. The number of nitrogens with one attached hydrogen (secondary N) is 3. The predicted octanol–water partition coefficient (Wildman–Crippen LogP) is 4.98. The van der Waals surface area contributed by atoms with Gasteiger partial charge in [0.1, 0.15) is 23.9 Å². The molecule has 3 heterocycles. The van der Waals surface area contributed by atoms with Crippen molar-refractivity contribution in [3.8, 4) is 0 Å². The van der Waals surface area contributed by atoms with Crippen LogP contribution < -0.4 is 16.0 Å². The number of amides is 1. The predicted molar refractivity (Wildman–Crippen MR) is 210 cm³/mol. The summed E-state index contributed by atoms with van der Waals surface area (Å²) >= 11 is 0. The molecule has 294 valence electrons. The third-order valence-electron chi connectivity index (χ3n) is 9.46. The van der Waals surface area contributed by atoms with Gasteiger partial charge in [0.15, 0.2) is 18.3 Å². The summed E-state index contributed by atoms with van der Waals surface area (Å²) in [7, 11) is 5.12. The molecule has 5 N–H and O–H groups in total. The normalized spacial score (nSPS) is 41.3. The summed E-state index contributed by atoms with van der Waals surface area (Å²) < 4.78 is 30.2. The summed E-state index contributed by atoms with van der Waals surface area (Å²) in [5, 5.41) is 32.5. The summed E-state index contributed by atoms with van der Waals surface area (Å²) in [5.41, 5.74) is 1.41. The third kappa shape index (κ3) is 14.4. The number of carbonyl (C=O) groups excluding carboxylic acids is 1. The van der Waals surface area contributed by atoms with Gasteiger partial charge in [0.25, 0.3) is 5.91 Å². The van der Waals surface area contributed by atoms with Crippen molar-refractivity contribution < 1.29 is 38.7 Å². The Labute approximate surface area is 316 Å². The first-order valence-corrected chi connectivity index (χ1v) is 18.6. The Hall–Kier alpha value is -3.39. The molecular weight excluding hydrogens is 674 g/mol. The van der Waals surface area contributed by atoms with E-state index < -0.39 is 42.5 Å². The van der Waals surface area contributed by atoms with E-state index in [1.54, 1.807) is 44.4 Å². The molecule has 0 aromatic heterocycles. The van der Waals surface area contributed by atoms with Crippen LogP contribution in [0.5, 0.6) is 0 Å². The first-order chi connectivity index (χ1) is 25.3. The molecule has 2 fully saturated rings. The topological polar surface area (TPSA) is 140 Å². The van der Waals surface area contributed by atoms with Crippen LogP contribution in [0.3, 0.4) is 0 Å². The fourth-order valence-corrected chi connectivity index (χ4v) is 6.14. The molecule has 0 saturated carbocycles. The monoisotopic (exact) mass is 737 g/mol. The van der Waals surface area contributed by atoms with Gasteiger partial charge in [-0.2, -0.15) is 0 Å². The van der Waals surface area contributed by atoms with E-state index >= 15 is 0 Å². The van der Waals surface area contributed by atoms with Crippen LogP contribution in [-0.4, -0.2) is 105 Å². The van der Waals surface area contributed by atoms with E-state index in [4.69, 9.17) is 23.7 Å². The van der Waals surface area contributed by atoms with E-state index in [0.29, 0.717) is 12.8 Å². The van der Waals surface area contributed by atoms with E-state index in [9.17, 15) is 15.0 Å². The van der Waals surface area contributed by atoms with Crippen molar-refractivity contribution in [1.82, 2.24) is 16.0 Å². The van der Waals surface area contributed by atoms with E-state index in [1.807, 2.05) is 90.3 Å². The summed E-state index contributed by atoms with van der Waals surface area (Å²) in [5.74, 6) is -0.0812. The van der Waals surface area contributed by atoms with Crippen molar-refractivity contribution in [1.29, 1.82) is 0 Å². The van der Waals surface area contributed by atoms with Gasteiger partial charge in [-0.25, -0.2) is 0 Å². The molecule has 0 aromatic carbocycles. The van der Waals surface area contributed by atoms with Crippen LogP contribution >= 0.6 is 0 Å². The molecule has 0 aromatic rings. The van der Waals surface area contributed by atoms with Crippen LogP contribution in [0.1, 0.15) is 60.8 Å². The number of carbonyl (C=O) groups is 1. The van der Waals surface area contributed by atoms with Crippen LogP contribution in [0.25, 0.3) is 0 Å². The molecule has 1 amide bonds. The molecule has 11 heteroatoms. The van der Waals surface area contributed by atoms with Crippen molar-refractivity contribution in [2.45, 2.75) is 122 Å². The standard InChI is InChI=1S/C42H63N3O8/c1-28-16-12-13-20-36(53-41-38(44-8)39(46)35(27-50-41)52-37-24-23-33(43-7)32(5)51-37)42(6,48)25-14-10-11-17-30(3)26-34(49-9)40(47)45-31(4)22-21-29(2)19-15-18-28/h10-21,25-26,31-33,35-39,41,43-44,46,48H,22-24,27H2,1-9H3,(H,45,47)/b11-10-,16-12-,19-15-,20-13-,25-14-,28-18-,29-21-,30-17-,34-26+/t31-,32+,33-,35+,36-,37-,38+,39-,41-,42+/m0/s1. The minimum Gasteiger partial charge on any atom is -0.491 e. The van der Waals surface area contributed by atoms with Gasteiger partial charge in [0.05, 0.1) is 25.9 Å². The number of aliphatic hydroxyl groups is 2. The second kappa shape index (κ2) is 22.1. The quantitative estimate of drug-likeness (QED) is 0.243. The van der Waals surface area contributed by atoms with Gasteiger partial charge < -0.3 is 49.8 Å². The van der Waals surface area contributed by atoms with Crippen LogP contribution in [-0.2, 0) is 28.5 Å². The summed E-state index contributed by atoms with van der Waals surface area (Å²) in [6, 6.07) is -0.483. The summed E-state index contributed by atoms with van der Waals surface area (Å²) in [6.07, 6.45) is 24.4. The number of aliphatic hydroxyl groups excluding tert-OH is 1. The maximum Gasteiger partial charge on any atom is 0.286 e. The number of ether oxygens (including phenoxy) is 5. The lowest BCUT2D eigenvalue weighted by Gasteiger charge is -2.44. The molecule has 0 spiro atoms. The maximum absolute atomic E-state index is 12.9. The van der Waals surface area contributed by atoms with E-state index in [1.165, 1.54) is 7.11 Å². The second-order valence-corrected chi connectivity index (χ2v) is 14.1. The largest absolute Gasteiger partial charge is 0.491 e. The molecule has 10 atom stereocenters. The molecule has 3 aliphatic heterocycles. The van der Waals surface area contributed by atoms with Crippen LogP contribution in [0.2, 0.25) is 0 Å². The SMILES string of the molecule is CN[C@H]1[C@H](O[C@H]2\C=C/C=C\C(C)=C/C=C\C(C)=C/C[C@H](C)NC(=O)\C(OC)=C/C(C)=C\C=C/C=C\[C@@]2(C)O)OC[C@@H](O[C@H]2CC[C@H](NC)[C@@H](C)O2)[C@@H]1O. The summed E-state index contributed by atoms with van der Waals surface area (Å²) in [6.45, 7) is 11.6. The molecule has 0 aliphatic carbocycles. The number of rotatable bonds is 7. The van der Waals surface area contributed by atoms with E-state index in [2.05, 4.69) is 22.0 Å². The first-order valence-electron chi connectivity index (χ1n) is 18.6. The number of hydrogen-bond donors (Lipinski definition) is 5. The van der Waals surface area contributed by atoms with Crippen molar-refractivity contribution in [3.05, 3.63) is 108 Å². The Morgan fingerprint density at radius 1 is 0.925 bits per heavy atom. The van der Waals surface area contributed by atoms with E-state index in [-0.39, 0.29) is 36.5 Å². The van der Waals surface area contributed by atoms with Crippen LogP contribution in [0.15, 0.2) is 108 Å². The lowest BCUT2D eigenvalue weighted by atomic mass is 9.96. The molecule has 11 nitrogen and oxygen atoms in total. The first kappa shape index (κ1) is 44.0. The zero-order valence-corrected chi connectivity index (χ0v) is 33.0. The summed E-state index contributed by atoms with van der Waals surface area (Å²) in [4.78, 5) is 12.9. The van der Waals surface area contributed by atoms with Crippen molar-refractivity contribution >= 4 is 5.91 Å². The number of likely N-dealkylation sites (N-methyl/N-ethyl adjacent to an activating group) is 2. The molecule has 2 saturated heterocycles. The maximum atomic E-state index is 12.9. The highest BCUT2D eigenvalue weighted by Crippen LogP contribution is 2.28. The Morgan fingerprint density at radius 3 is 2.36 bits per heavy atom. The smallest absolute Gasteiger partial charge is 0.286 e. The van der Waals surface area contributed by atoms with Gasteiger partial charge in [0.2, 0.25) is 0 Å². The molecule has 0 bridgehead atoms. The molecular formula is C42H63N3O8. The highest BCUT2D eigenvalue weighted by Gasteiger charge is 2.44. The molecule has 0 radical (unpaired) electrons.